The van der Waals surface area contributed by atoms with Crippen molar-refractivity contribution in [2.45, 2.75) is 57.9 Å². The largest absolute Gasteiger partial charge is 0.435 e. The lowest BCUT2D eigenvalue weighted by Gasteiger charge is -2.22. The fourth-order valence-corrected chi connectivity index (χ4v) is 4.66. The van der Waals surface area contributed by atoms with Crippen LogP contribution in [0.25, 0.3) is 22.5 Å². The molecule has 1 aliphatic rings. The van der Waals surface area contributed by atoms with Gasteiger partial charge in [-0.15, -0.1) is 0 Å². The Morgan fingerprint density at radius 1 is 0.972 bits per heavy atom. The summed E-state index contributed by atoms with van der Waals surface area (Å²) in [7, 11) is 0. The van der Waals surface area contributed by atoms with Crippen molar-refractivity contribution in [3.8, 4) is 34.0 Å². The first-order valence-electron chi connectivity index (χ1n) is 11.5. The molecule has 0 aliphatic heterocycles. The third kappa shape index (κ3) is 6.48. The molecule has 192 valence electrons. The van der Waals surface area contributed by atoms with E-state index in [9.17, 15) is 22.4 Å². The zero-order valence-electron chi connectivity index (χ0n) is 19.1. The number of nitrogens with one attached hydrogen (secondary N) is 1. The molecule has 1 amide bonds. The number of halogens is 5. The highest BCUT2D eigenvalue weighted by atomic mass is 35.5. The van der Waals surface area contributed by atoms with Gasteiger partial charge in [0, 0.05) is 17.2 Å². The van der Waals surface area contributed by atoms with Gasteiger partial charge < -0.3 is 14.8 Å². The Labute approximate surface area is 210 Å². The third-order valence-corrected chi connectivity index (χ3v) is 6.18. The van der Waals surface area contributed by atoms with E-state index in [-0.39, 0.29) is 40.7 Å². The van der Waals surface area contributed by atoms with Crippen LogP contribution in [0.2, 0.25) is 5.02 Å². The third-order valence-electron chi connectivity index (χ3n) is 5.82. The lowest BCUT2D eigenvalue weighted by atomic mass is 9.95. The van der Waals surface area contributed by atoms with Crippen molar-refractivity contribution >= 4 is 17.5 Å². The second kappa shape index (κ2) is 11.6. The molecule has 2 aromatic carbocycles. The molecule has 3 aromatic rings. The summed E-state index contributed by atoms with van der Waals surface area (Å²) in [4.78, 5) is 12.9. The van der Waals surface area contributed by atoms with Crippen molar-refractivity contribution in [3.63, 3.8) is 0 Å². The van der Waals surface area contributed by atoms with Gasteiger partial charge in [0.15, 0.2) is 0 Å². The van der Waals surface area contributed by atoms with Gasteiger partial charge in [0.1, 0.15) is 23.7 Å². The molecule has 4 rings (SSSR count). The van der Waals surface area contributed by atoms with E-state index in [1.807, 2.05) is 0 Å². The Bertz CT molecular complexity index is 1200. The average molecular weight is 526 g/mol. The van der Waals surface area contributed by atoms with E-state index in [2.05, 4.69) is 19.9 Å². The molecule has 0 saturated heterocycles. The standard InChI is InChI=1S/C25H24ClF4N3O3/c26-21-22(15-6-4-10-18(12-15)35-24(27)28)32-33(14-20(34)31-17-8-2-1-3-9-17)23(21)16-7-5-11-19(13-16)36-25(29)30/h4-7,10-13,17,24-25H,1-3,8-9,14H2,(H,31,34). The maximum Gasteiger partial charge on any atom is 0.387 e. The summed E-state index contributed by atoms with van der Waals surface area (Å²) in [5.74, 6) is -0.451. The average Bonchev–Trinajstić information content (AvgIpc) is 3.14. The highest BCUT2D eigenvalue weighted by Crippen LogP contribution is 2.38. The predicted octanol–water partition coefficient (Wildman–Crippen LogP) is 6.52. The van der Waals surface area contributed by atoms with E-state index in [1.165, 1.54) is 41.1 Å². The molecule has 0 bridgehead atoms. The normalized spacial score (nSPS) is 14.3. The van der Waals surface area contributed by atoms with Gasteiger partial charge in [0.2, 0.25) is 5.91 Å². The first kappa shape index (κ1) is 25.8. The van der Waals surface area contributed by atoms with Crippen LogP contribution in [-0.4, -0.2) is 35.0 Å². The molecular weight excluding hydrogens is 502 g/mol. The van der Waals surface area contributed by atoms with Crippen molar-refractivity contribution < 1.29 is 31.8 Å². The lowest BCUT2D eigenvalue weighted by molar-refractivity contribution is -0.122. The molecule has 0 atom stereocenters. The van der Waals surface area contributed by atoms with Gasteiger partial charge in [0.05, 0.1) is 10.7 Å². The number of rotatable bonds is 9. The molecule has 1 aliphatic carbocycles. The number of aromatic nitrogens is 2. The number of amides is 1. The fourth-order valence-electron chi connectivity index (χ4n) is 4.31. The maximum absolute atomic E-state index is 12.9. The van der Waals surface area contributed by atoms with Gasteiger partial charge in [-0.2, -0.15) is 22.7 Å². The Morgan fingerprint density at radius 2 is 1.56 bits per heavy atom. The molecule has 1 fully saturated rings. The molecule has 11 heteroatoms. The molecule has 0 unspecified atom stereocenters. The van der Waals surface area contributed by atoms with E-state index < -0.39 is 13.2 Å². The highest BCUT2D eigenvalue weighted by molar-refractivity contribution is 6.35. The zero-order chi connectivity index (χ0) is 25.7. The number of hydrogen-bond acceptors (Lipinski definition) is 4. The minimum absolute atomic E-state index is 0.0751. The SMILES string of the molecule is O=C(Cn1nc(-c2cccc(OC(F)F)c2)c(Cl)c1-c1cccc(OC(F)F)c1)NC1CCCCC1. The quantitative estimate of drug-likeness (QED) is 0.323. The fraction of sp³-hybridized carbons (Fsp3) is 0.360. The first-order valence-corrected chi connectivity index (χ1v) is 11.8. The summed E-state index contributed by atoms with van der Waals surface area (Å²) >= 11 is 6.70. The Kier molecular flexibility index (Phi) is 8.35. The molecule has 1 saturated carbocycles. The van der Waals surface area contributed by atoms with Crippen molar-refractivity contribution in [1.82, 2.24) is 15.1 Å². The number of carbonyl (C=O) groups is 1. The Balaban J connectivity index is 1.71. The highest BCUT2D eigenvalue weighted by Gasteiger charge is 2.23. The van der Waals surface area contributed by atoms with E-state index in [4.69, 9.17) is 11.6 Å². The van der Waals surface area contributed by atoms with E-state index in [1.54, 1.807) is 12.1 Å². The molecule has 1 aromatic heterocycles. The van der Waals surface area contributed by atoms with Crippen molar-refractivity contribution in [2.75, 3.05) is 0 Å². The van der Waals surface area contributed by atoms with E-state index in [0.717, 1.165) is 32.1 Å². The minimum Gasteiger partial charge on any atom is -0.435 e. The monoisotopic (exact) mass is 525 g/mol. The summed E-state index contributed by atoms with van der Waals surface area (Å²) in [6.45, 7) is -6.21. The van der Waals surface area contributed by atoms with Gasteiger partial charge in [-0.1, -0.05) is 55.1 Å². The van der Waals surface area contributed by atoms with Crippen LogP contribution in [0.3, 0.4) is 0 Å². The zero-order valence-corrected chi connectivity index (χ0v) is 19.9. The molecule has 36 heavy (non-hydrogen) atoms. The lowest BCUT2D eigenvalue weighted by Crippen LogP contribution is -2.38. The first-order chi connectivity index (χ1) is 17.3. The Hall–Kier alpha value is -3.27. The van der Waals surface area contributed by atoms with Crippen LogP contribution >= 0.6 is 11.6 Å². The number of alkyl halides is 4. The van der Waals surface area contributed by atoms with Crippen molar-refractivity contribution in [1.29, 1.82) is 0 Å². The Morgan fingerprint density at radius 3 is 2.17 bits per heavy atom. The molecule has 1 N–H and O–H groups in total. The second-order valence-corrected chi connectivity index (χ2v) is 8.76. The van der Waals surface area contributed by atoms with Crippen LogP contribution in [0, 0.1) is 0 Å². The van der Waals surface area contributed by atoms with Crippen LogP contribution in [0.1, 0.15) is 32.1 Å². The van der Waals surface area contributed by atoms with Gasteiger partial charge in [-0.05, 0) is 37.1 Å². The second-order valence-electron chi connectivity index (χ2n) is 8.38. The molecule has 1 heterocycles. The molecule has 6 nitrogen and oxygen atoms in total. The van der Waals surface area contributed by atoms with Crippen LogP contribution in [0.4, 0.5) is 17.6 Å². The summed E-state index contributed by atoms with van der Waals surface area (Å²) in [6.07, 6.45) is 5.02. The number of carbonyl (C=O) groups excluding carboxylic acids is 1. The molecule has 0 radical (unpaired) electrons. The smallest absolute Gasteiger partial charge is 0.387 e. The number of benzene rings is 2. The summed E-state index contributed by atoms with van der Waals surface area (Å²) in [6, 6.07) is 11.8. The van der Waals surface area contributed by atoms with E-state index >= 15 is 0 Å². The van der Waals surface area contributed by atoms with Gasteiger partial charge >= 0.3 is 13.2 Å². The van der Waals surface area contributed by atoms with Crippen molar-refractivity contribution in [2.24, 2.45) is 0 Å². The van der Waals surface area contributed by atoms with Gasteiger partial charge in [-0.3, -0.25) is 9.48 Å². The minimum atomic E-state index is -3.02. The number of nitrogens with zero attached hydrogens (tertiary/aromatic N) is 2. The van der Waals surface area contributed by atoms with Gasteiger partial charge in [0.25, 0.3) is 0 Å². The molecule has 0 spiro atoms. The van der Waals surface area contributed by atoms with Gasteiger partial charge in [-0.25, -0.2) is 0 Å². The van der Waals surface area contributed by atoms with Crippen LogP contribution in [0.5, 0.6) is 11.5 Å². The van der Waals surface area contributed by atoms with Crippen molar-refractivity contribution in [3.05, 3.63) is 53.6 Å². The maximum atomic E-state index is 12.9. The number of ether oxygens (including phenoxy) is 2. The van der Waals surface area contributed by atoms with Crippen LogP contribution in [0.15, 0.2) is 48.5 Å². The summed E-state index contributed by atoms with van der Waals surface area (Å²) < 4.78 is 61.3. The van der Waals surface area contributed by atoms with E-state index in [0.29, 0.717) is 16.8 Å². The van der Waals surface area contributed by atoms with Crippen LogP contribution in [-0.2, 0) is 11.3 Å². The number of hydrogen-bond donors (Lipinski definition) is 1. The van der Waals surface area contributed by atoms with Crippen LogP contribution < -0.4 is 14.8 Å². The molecular formula is C25H24ClF4N3O3. The predicted molar refractivity (Wildman–Crippen MR) is 126 cm³/mol. The topological polar surface area (TPSA) is 65.4 Å². The summed E-state index contributed by atoms with van der Waals surface area (Å²) in [5.41, 5.74) is 1.29. The summed E-state index contributed by atoms with van der Waals surface area (Å²) in [5, 5.41) is 7.62.